The topological polar surface area (TPSA) is 92.1 Å². The van der Waals surface area contributed by atoms with Gasteiger partial charge in [0.15, 0.2) is 0 Å². The summed E-state index contributed by atoms with van der Waals surface area (Å²) in [6, 6.07) is 1.54. The average molecular weight is 381 g/mol. The highest BCUT2D eigenvalue weighted by molar-refractivity contribution is 7.89. The lowest BCUT2D eigenvalue weighted by atomic mass is 10.0. The first-order valence-corrected chi connectivity index (χ1v) is 8.90. The maximum Gasteiger partial charge on any atom is 0.245 e. The molecule has 0 bridgehead atoms. The van der Waals surface area contributed by atoms with Gasteiger partial charge in [0.2, 0.25) is 10.0 Å². The Morgan fingerprint density at radius 2 is 2.09 bits per heavy atom. The Hall–Kier alpha value is -0.860. The Kier molecular flexibility index (Phi) is 6.85. The van der Waals surface area contributed by atoms with Gasteiger partial charge in [0.1, 0.15) is 10.5 Å². The number of fused-ring (bicyclic) bond motifs is 1. The molecule has 2 aromatic heterocycles. The Labute approximate surface area is 147 Å². The summed E-state index contributed by atoms with van der Waals surface area (Å²) in [5, 5.41) is 0.779. The molecule has 6 nitrogen and oxygen atoms in total. The monoisotopic (exact) mass is 380 g/mol. The van der Waals surface area contributed by atoms with Crippen LogP contribution in [0, 0.1) is 5.92 Å². The van der Waals surface area contributed by atoms with Gasteiger partial charge in [-0.3, -0.25) is 0 Å². The standard InChI is InChI=1S/C14H21ClN4O2S.ClH/c1-9(2)11(16)5-7-19(3)22(20,21)12-8-18-14-13(12)10(15)4-6-17-14;/h4,6,8-9,11H,5,7,16H2,1-3H3,(H,17,18);1H. The minimum atomic E-state index is -3.64. The number of pyridine rings is 1. The van der Waals surface area contributed by atoms with E-state index in [1.165, 1.54) is 16.7 Å². The second kappa shape index (κ2) is 7.81. The van der Waals surface area contributed by atoms with Crippen LogP contribution < -0.4 is 5.73 Å². The third kappa shape index (κ3) is 4.16. The van der Waals surface area contributed by atoms with Crippen molar-refractivity contribution in [2.24, 2.45) is 11.7 Å². The van der Waals surface area contributed by atoms with E-state index in [2.05, 4.69) is 9.97 Å². The zero-order valence-corrected chi connectivity index (χ0v) is 15.7. The summed E-state index contributed by atoms with van der Waals surface area (Å²) in [7, 11) is -2.10. The second-order valence-electron chi connectivity index (χ2n) is 5.69. The molecule has 2 aromatic rings. The van der Waals surface area contributed by atoms with Gasteiger partial charge in [-0.1, -0.05) is 25.4 Å². The molecule has 9 heteroatoms. The minimum Gasteiger partial charge on any atom is -0.345 e. The molecule has 23 heavy (non-hydrogen) atoms. The van der Waals surface area contributed by atoms with Gasteiger partial charge in [-0.25, -0.2) is 17.7 Å². The van der Waals surface area contributed by atoms with E-state index in [1.54, 1.807) is 13.1 Å². The molecule has 0 saturated heterocycles. The van der Waals surface area contributed by atoms with Crippen LogP contribution in [0.2, 0.25) is 5.02 Å². The highest BCUT2D eigenvalue weighted by Crippen LogP contribution is 2.29. The number of hydrogen-bond acceptors (Lipinski definition) is 4. The van der Waals surface area contributed by atoms with Crippen molar-refractivity contribution in [2.45, 2.75) is 31.2 Å². The van der Waals surface area contributed by atoms with Crippen LogP contribution in [0.1, 0.15) is 20.3 Å². The van der Waals surface area contributed by atoms with Crippen LogP contribution in [0.5, 0.6) is 0 Å². The van der Waals surface area contributed by atoms with Crippen LogP contribution in [0.15, 0.2) is 23.4 Å². The predicted molar refractivity (Wildman–Crippen MR) is 95.6 cm³/mol. The van der Waals surface area contributed by atoms with Gasteiger partial charge in [0.05, 0.1) is 10.4 Å². The average Bonchev–Trinajstić information content (AvgIpc) is 2.90. The van der Waals surface area contributed by atoms with Gasteiger partial charge < -0.3 is 10.7 Å². The molecule has 0 amide bonds. The quantitative estimate of drug-likeness (QED) is 0.805. The lowest BCUT2D eigenvalue weighted by Crippen LogP contribution is -2.34. The second-order valence-corrected chi connectivity index (χ2v) is 8.11. The molecule has 3 N–H and O–H groups in total. The molecule has 0 spiro atoms. The Bertz CT molecular complexity index is 761. The van der Waals surface area contributed by atoms with Crippen molar-refractivity contribution in [1.29, 1.82) is 0 Å². The maximum absolute atomic E-state index is 12.7. The fourth-order valence-corrected chi connectivity index (χ4v) is 3.80. The van der Waals surface area contributed by atoms with E-state index in [4.69, 9.17) is 17.3 Å². The zero-order chi connectivity index (χ0) is 16.5. The summed E-state index contributed by atoms with van der Waals surface area (Å²) in [6.07, 6.45) is 3.56. The minimum absolute atomic E-state index is 0. The first-order chi connectivity index (χ1) is 10.2. The summed E-state index contributed by atoms with van der Waals surface area (Å²) < 4.78 is 26.7. The molecule has 0 aliphatic rings. The molecule has 0 fully saturated rings. The third-order valence-electron chi connectivity index (χ3n) is 3.81. The van der Waals surface area contributed by atoms with Gasteiger partial charge in [-0.15, -0.1) is 12.4 Å². The summed E-state index contributed by atoms with van der Waals surface area (Å²) in [5.74, 6) is 0.308. The van der Waals surface area contributed by atoms with Gasteiger partial charge in [0, 0.05) is 32.0 Å². The van der Waals surface area contributed by atoms with E-state index < -0.39 is 10.0 Å². The molecule has 0 aromatic carbocycles. The number of rotatable bonds is 6. The highest BCUT2D eigenvalue weighted by Gasteiger charge is 2.26. The first-order valence-electron chi connectivity index (χ1n) is 7.08. The number of sulfonamides is 1. The Morgan fingerprint density at radius 1 is 1.43 bits per heavy atom. The van der Waals surface area contributed by atoms with Crippen molar-refractivity contribution in [3.8, 4) is 0 Å². The summed E-state index contributed by atoms with van der Waals surface area (Å²) in [5.41, 5.74) is 6.44. The first kappa shape index (κ1) is 20.2. The number of aromatic amines is 1. The molecule has 0 radical (unpaired) electrons. The SMILES string of the molecule is CC(C)C(N)CCN(C)S(=O)(=O)c1c[nH]c2nccc(Cl)c12.Cl. The lowest BCUT2D eigenvalue weighted by Gasteiger charge is -2.21. The van der Waals surface area contributed by atoms with Crippen molar-refractivity contribution in [3.63, 3.8) is 0 Å². The van der Waals surface area contributed by atoms with Crippen LogP contribution >= 0.6 is 24.0 Å². The summed E-state index contributed by atoms with van der Waals surface area (Å²) >= 11 is 6.12. The van der Waals surface area contributed by atoms with E-state index in [0.29, 0.717) is 34.9 Å². The van der Waals surface area contributed by atoms with Crippen molar-refractivity contribution >= 4 is 45.1 Å². The number of halogens is 2. The van der Waals surface area contributed by atoms with E-state index in [9.17, 15) is 8.42 Å². The van der Waals surface area contributed by atoms with Crippen molar-refractivity contribution in [3.05, 3.63) is 23.5 Å². The smallest absolute Gasteiger partial charge is 0.245 e. The number of aromatic nitrogens is 2. The number of nitrogens with zero attached hydrogens (tertiary/aromatic N) is 2. The fraction of sp³-hybridized carbons (Fsp3) is 0.500. The number of nitrogens with one attached hydrogen (secondary N) is 1. The molecule has 130 valence electrons. The third-order valence-corrected chi connectivity index (χ3v) is 6.00. The van der Waals surface area contributed by atoms with Crippen LogP contribution in [0.25, 0.3) is 11.0 Å². The molecule has 0 saturated carbocycles. The van der Waals surface area contributed by atoms with Gasteiger partial charge >= 0.3 is 0 Å². The maximum atomic E-state index is 12.7. The Balaban J connectivity index is 0.00000264. The largest absolute Gasteiger partial charge is 0.345 e. The van der Waals surface area contributed by atoms with Crippen molar-refractivity contribution in [1.82, 2.24) is 14.3 Å². The fourth-order valence-electron chi connectivity index (χ4n) is 2.14. The molecule has 0 aliphatic carbocycles. The number of nitrogens with two attached hydrogens (primary N) is 1. The molecule has 2 heterocycles. The summed E-state index contributed by atoms with van der Waals surface area (Å²) in [4.78, 5) is 7.08. The van der Waals surface area contributed by atoms with E-state index in [0.717, 1.165) is 0 Å². The molecular weight excluding hydrogens is 359 g/mol. The van der Waals surface area contributed by atoms with Crippen LogP contribution in [0.4, 0.5) is 0 Å². The number of hydrogen-bond donors (Lipinski definition) is 2. The van der Waals surface area contributed by atoms with E-state index in [1.807, 2.05) is 13.8 Å². The van der Waals surface area contributed by atoms with Crippen LogP contribution in [-0.2, 0) is 10.0 Å². The molecule has 2 rings (SSSR count). The van der Waals surface area contributed by atoms with Gasteiger partial charge in [0.25, 0.3) is 0 Å². The van der Waals surface area contributed by atoms with Crippen molar-refractivity contribution < 1.29 is 8.42 Å². The van der Waals surface area contributed by atoms with E-state index >= 15 is 0 Å². The zero-order valence-electron chi connectivity index (χ0n) is 13.3. The lowest BCUT2D eigenvalue weighted by molar-refractivity contribution is 0.398. The van der Waals surface area contributed by atoms with Crippen LogP contribution in [-0.4, -0.2) is 42.3 Å². The van der Waals surface area contributed by atoms with Gasteiger partial charge in [-0.05, 0) is 18.4 Å². The Morgan fingerprint density at radius 3 is 2.70 bits per heavy atom. The number of H-pyrrole nitrogens is 1. The summed E-state index contributed by atoms with van der Waals surface area (Å²) in [6.45, 7) is 4.39. The predicted octanol–water partition coefficient (Wildman–Crippen LogP) is 2.63. The molecule has 1 atom stereocenters. The highest BCUT2D eigenvalue weighted by atomic mass is 35.5. The molecule has 1 unspecified atom stereocenters. The molecule has 0 aliphatic heterocycles. The van der Waals surface area contributed by atoms with E-state index in [-0.39, 0.29) is 23.3 Å². The van der Waals surface area contributed by atoms with Crippen LogP contribution in [0.3, 0.4) is 0 Å². The van der Waals surface area contributed by atoms with Crippen molar-refractivity contribution in [2.75, 3.05) is 13.6 Å². The normalized spacial score (nSPS) is 13.5. The molecular formula is C14H22Cl2N4O2S. The van der Waals surface area contributed by atoms with Gasteiger partial charge in [-0.2, -0.15) is 0 Å².